The second-order valence-corrected chi connectivity index (χ2v) is 5.93. The van der Waals surface area contributed by atoms with Crippen molar-refractivity contribution in [3.8, 4) is 0 Å². The number of hydrogen-bond acceptors (Lipinski definition) is 3. The van der Waals surface area contributed by atoms with Crippen molar-refractivity contribution in [2.24, 2.45) is 0 Å². The molecule has 1 aromatic carbocycles. The molecule has 22 heavy (non-hydrogen) atoms. The van der Waals surface area contributed by atoms with Gasteiger partial charge in [0.25, 0.3) is 5.91 Å². The molecule has 1 aliphatic heterocycles. The molecule has 0 spiro atoms. The quantitative estimate of drug-likeness (QED) is 0.874. The van der Waals surface area contributed by atoms with Gasteiger partial charge in [-0.25, -0.2) is 0 Å². The fourth-order valence-corrected chi connectivity index (χ4v) is 2.87. The van der Waals surface area contributed by atoms with E-state index in [1.54, 1.807) is 6.26 Å². The molecule has 1 amide bonds. The summed E-state index contributed by atoms with van der Waals surface area (Å²) < 4.78 is 5.31. The SMILES string of the molecule is Cc1ccccc1CN1CCN(C(=O)c2occc2C)CC1. The minimum absolute atomic E-state index is 0.0121. The molecule has 1 fully saturated rings. The minimum atomic E-state index is 0.0121. The molecule has 0 bridgehead atoms. The lowest BCUT2D eigenvalue weighted by atomic mass is 10.1. The lowest BCUT2D eigenvalue weighted by Crippen LogP contribution is -2.48. The summed E-state index contributed by atoms with van der Waals surface area (Å²) in [6.45, 7) is 8.32. The van der Waals surface area contributed by atoms with Crippen LogP contribution in [0.4, 0.5) is 0 Å². The number of benzene rings is 1. The zero-order chi connectivity index (χ0) is 15.5. The Balaban J connectivity index is 1.58. The van der Waals surface area contributed by atoms with E-state index in [1.165, 1.54) is 11.1 Å². The third-order valence-electron chi connectivity index (χ3n) is 4.37. The number of rotatable bonds is 3. The highest BCUT2D eigenvalue weighted by molar-refractivity contribution is 5.92. The Morgan fingerprint density at radius 1 is 1.05 bits per heavy atom. The normalized spacial score (nSPS) is 16.0. The highest BCUT2D eigenvalue weighted by atomic mass is 16.3. The summed E-state index contributed by atoms with van der Waals surface area (Å²) in [6.07, 6.45) is 1.58. The summed E-state index contributed by atoms with van der Waals surface area (Å²) in [5, 5.41) is 0. The van der Waals surface area contributed by atoms with Crippen LogP contribution in [0.2, 0.25) is 0 Å². The summed E-state index contributed by atoms with van der Waals surface area (Å²) in [5.74, 6) is 0.491. The number of carbonyl (C=O) groups excluding carboxylic acids is 1. The zero-order valence-electron chi connectivity index (χ0n) is 13.2. The predicted octanol–water partition coefficient (Wildman–Crippen LogP) is 2.85. The lowest BCUT2D eigenvalue weighted by molar-refractivity contribution is 0.0596. The van der Waals surface area contributed by atoms with Gasteiger partial charge in [-0.1, -0.05) is 24.3 Å². The van der Waals surface area contributed by atoms with E-state index in [1.807, 2.05) is 17.9 Å². The summed E-state index contributed by atoms with van der Waals surface area (Å²) >= 11 is 0. The van der Waals surface area contributed by atoms with Gasteiger partial charge in [0.05, 0.1) is 6.26 Å². The maximum atomic E-state index is 12.4. The van der Waals surface area contributed by atoms with Crippen LogP contribution in [0.3, 0.4) is 0 Å². The fraction of sp³-hybridized carbons (Fsp3) is 0.389. The smallest absolute Gasteiger partial charge is 0.289 e. The van der Waals surface area contributed by atoms with Gasteiger partial charge in [0.1, 0.15) is 0 Å². The van der Waals surface area contributed by atoms with Crippen LogP contribution in [-0.2, 0) is 6.54 Å². The average molecular weight is 298 g/mol. The predicted molar refractivity (Wildman–Crippen MR) is 85.8 cm³/mol. The van der Waals surface area contributed by atoms with Crippen LogP contribution in [0.25, 0.3) is 0 Å². The molecular formula is C18H22N2O2. The third-order valence-corrected chi connectivity index (χ3v) is 4.37. The minimum Gasteiger partial charge on any atom is -0.459 e. The Kier molecular flexibility index (Phi) is 4.29. The number of carbonyl (C=O) groups is 1. The van der Waals surface area contributed by atoms with Gasteiger partial charge in [-0.05, 0) is 31.0 Å². The molecule has 4 heteroatoms. The summed E-state index contributed by atoms with van der Waals surface area (Å²) in [6, 6.07) is 10.3. The molecule has 0 unspecified atom stereocenters. The van der Waals surface area contributed by atoms with Crippen molar-refractivity contribution in [2.45, 2.75) is 20.4 Å². The topological polar surface area (TPSA) is 36.7 Å². The molecule has 0 atom stereocenters. The molecule has 1 saturated heterocycles. The van der Waals surface area contributed by atoms with Crippen LogP contribution in [0.5, 0.6) is 0 Å². The number of hydrogen-bond donors (Lipinski definition) is 0. The largest absolute Gasteiger partial charge is 0.459 e. The number of furan rings is 1. The van der Waals surface area contributed by atoms with Gasteiger partial charge >= 0.3 is 0 Å². The first kappa shape index (κ1) is 14.9. The molecule has 2 aromatic rings. The van der Waals surface area contributed by atoms with E-state index in [4.69, 9.17) is 4.42 Å². The second-order valence-electron chi connectivity index (χ2n) is 5.93. The van der Waals surface area contributed by atoms with Gasteiger partial charge in [-0.3, -0.25) is 9.69 Å². The monoisotopic (exact) mass is 298 g/mol. The third kappa shape index (κ3) is 3.07. The van der Waals surface area contributed by atoms with Crippen molar-refractivity contribution in [1.82, 2.24) is 9.80 Å². The van der Waals surface area contributed by atoms with Crippen molar-refractivity contribution < 1.29 is 9.21 Å². The van der Waals surface area contributed by atoms with Gasteiger partial charge < -0.3 is 9.32 Å². The first-order valence-corrected chi connectivity index (χ1v) is 7.75. The van der Waals surface area contributed by atoms with Crippen LogP contribution in [0.15, 0.2) is 41.0 Å². The standard InChI is InChI=1S/C18H22N2O2/c1-14-5-3-4-6-16(14)13-19-8-10-20(11-9-19)18(21)17-15(2)7-12-22-17/h3-7,12H,8-11,13H2,1-2H3. The Bertz CT molecular complexity index is 655. The van der Waals surface area contributed by atoms with Gasteiger partial charge in [0.15, 0.2) is 5.76 Å². The van der Waals surface area contributed by atoms with Crippen molar-refractivity contribution >= 4 is 5.91 Å². The van der Waals surface area contributed by atoms with Crippen molar-refractivity contribution in [2.75, 3.05) is 26.2 Å². The molecule has 0 N–H and O–H groups in total. The van der Waals surface area contributed by atoms with E-state index in [0.717, 1.165) is 38.3 Å². The molecule has 3 rings (SSSR count). The molecule has 4 nitrogen and oxygen atoms in total. The number of aryl methyl sites for hydroxylation is 2. The summed E-state index contributed by atoms with van der Waals surface area (Å²) in [7, 11) is 0. The Morgan fingerprint density at radius 2 is 1.77 bits per heavy atom. The van der Waals surface area contributed by atoms with Gasteiger partial charge in [-0.15, -0.1) is 0 Å². The van der Waals surface area contributed by atoms with Gasteiger partial charge in [-0.2, -0.15) is 0 Å². The second kappa shape index (κ2) is 6.36. The molecular weight excluding hydrogens is 276 g/mol. The van der Waals surface area contributed by atoms with E-state index in [2.05, 4.69) is 36.1 Å². The molecule has 1 aromatic heterocycles. The summed E-state index contributed by atoms with van der Waals surface area (Å²) in [4.78, 5) is 16.7. The first-order chi connectivity index (χ1) is 10.6. The van der Waals surface area contributed by atoms with E-state index >= 15 is 0 Å². The molecule has 1 aliphatic rings. The van der Waals surface area contributed by atoms with Crippen LogP contribution in [0, 0.1) is 13.8 Å². The first-order valence-electron chi connectivity index (χ1n) is 7.75. The maximum absolute atomic E-state index is 12.4. The van der Waals surface area contributed by atoms with Crippen molar-refractivity contribution in [1.29, 1.82) is 0 Å². The van der Waals surface area contributed by atoms with E-state index in [9.17, 15) is 4.79 Å². The van der Waals surface area contributed by atoms with E-state index in [0.29, 0.717) is 5.76 Å². The number of piperazine rings is 1. The highest BCUT2D eigenvalue weighted by Crippen LogP contribution is 2.16. The molecule has 2 heterocycles. The molecule has 0 saturated carbocycles. The Morgan fingerprint density at radius 3 is 2.41 bits per heavy atom. The lowest BCUT2D eigenvalue weighted by Gasteiger charge is -2.34. The molecule has 116 valence electrons. The van der Waals surface area contributed by atoms with Gasteiger partial charge in [0.2, 0.25) is 0 Å². The van der Waals surface area contributed by atoms with Crippen molar-refractivity contribution in [3.63, 3.8) is 0 Å². The van der Waals surface area contributed by atoms with E-state index in [-0.39, 0.29) is 5.91 Å². The Labute approximate surface area is 131 Å². The van der Waals surface area contributed by atoms with Gasteiger partial charge in [0, 0.05) is 38.3 Å². The van der Waals surface area contributed by atoms with Crippen LogP contribution >= 0.6 is 0 Å². The average Bonchev–Trinajstić information content (AvgIpc) is 2.96. The molecule has 0 aliphatic carbocycles. The fourth-order valence-electron chi connectivity index (χ4n) is 2.87. The maximum Gasteiger partial charge on any atom is 0.289 e. The number of nitrogens with zero attached hydrogens (tertiary/aromatic N) is 2. The molecule has 0 radical (unpaired) electrons. The van der Waals surface area contributed by atoms with Crippen LogP contribution in [0.1, 0.15) is 27.2 Å². The summed E-state index contributed by atoms with van der Waals surface area (Å²) in [5.41, 5.74) is 3.60. The zero-order valence-corrected chi connectivity index (χ0v) is 13.2. The van der Waals surface area contributed by atoms with Crippen molar-refractivity contribution in [3.05, 3.63) is 59.0 Å². The number of amides is 1. The Hall–Kier alpha value is -2.07. The van der Waals surface area contributed by atoms with Crippen LogP contribution in [-0.4, -0.2) is 41.9 Å². The van der Waals surface area contributed by atoms with E-state index < -0.39 is 0 Å². The van der Waals surface area contributed by atoms with Crippen LogP contribution < -0.4 is 0 Å². The highest BCUT2D eigenvalue weighted by Gasteiger charge is 2.25.